The Bertz CT molecular complexity index is 820. The first-order valence-corrected chi connectivity index (χ1v) is 10.1. The summed E-state index contributed by atoms with van der Waals surface area (Å²) in [6.45, 7) is 0.542. The van der Waals surface area contributed by atoms with Gasteiger partial charge in [-0.25, -0.2) is 4.98 Å². The van der Waals surface area contributed by atoms with Gasteiger partial charge in [-0.3, -0.25) is 4.79 Å². The second-order valence-electron chi connectivity index (χ2n) is 8.47. The third-order valence-corrected chi connectivity index (χ3v) is 6.48. The summed E-state index contributed by atoms with van der Waals surface area (Å²) in [5, 5.41) is 4.31. The van der Waals surface area contributed by atoms with Gasteiger partial charge in [0, 0.05) is 38.0 Å². The lowest BCUT2D eigenvalue weighted by Crippen LogP contribution is -2.49. The number of anilines is 1. The van der Waals surface area contributed by atoms with Gasteiger partial charge >= 0.3 is 0 Å². The number of nitrogens with one attached hydrogen (secondary N) is 1. The van der Waals surface area contributed by atoms with Crippen molar-refractivity contribution in [3.05, 3.63) is 35.9 Å². The Kier molecular flexibility index (Phi) is 5.04. The zero-order chi connectivity index (χ0) is 19.0. The van der Waals surface area contributed by atoms with Crippen LogP contribution in [0.2, 0.25) is 0 Å². The Balaban J connectivity index is 1.49. The predicted octanol–water partition coefficient (Wildman–Crippen LogP) is 3.07. The summed E-state index contributed by atoms with van der Waals surface area (Å²) >= 11 is 0. The Hall–Kier alpha value is -2.14. The minimum absolute atomic E-state index is 0.113. The van der Waals surface area contributed by atoms with Gasteiger partial charge in [0.2, 0.25) is 5.91 Å². The van der Waals surface area contributed by atoms with E-state index in [1.54, 1.807) is 0 Å². The first-order valence-electron chi connectivity index (χ1n) is 10.1. The Morgan fingerprint density at radius 1 is 1.22 bits per heavy atom. The largest absolute Gasteiger partial charge is 0.363 e. The topological polar surface area (TPSA) is 71.2 Å². The van der Waals surface area contributed by atoms with Gasteiger partial charge in [-0.2, -0.15) is 0 Å². The van der Waals surface area contributed by atoms with E-state index in [2.05, 4.69) is 17.4 Å². The highest BCUT2D eigenvalue weighted by Gasteiger charge is 2.40. The molecule has 2 aromatic rings. The molecule has 3 N–H and O–H groups in total. The highest BCUT2D eigenvalue weighted by Crippen LogP contribution is 2.41. The number of rotatable bonds is 4. The van der Waals surface area contributed by atoms with Gasteiger partial charge in [0.05, 0.1) is 5.52 Å². The number of hydrogen-bond acceptors (Lipinski definition) is 4. The summed E-state index contributed by atoms with van der Waals surface area (Å²) in [6.07, 6.45) is 5.53. The third kappa shape index (κ3) is 3.65. The Morgan fingerprint density at radius 2 is 1.93 bits per heavy atom. The second-order valence-corrected chi connectivity index (χ2v) is 8.47. The maximum Gasteiger partial charge on any atom is 0.223 e. The number of aromatic nitrogens is 1. The molecule has 2 saturated carbocycles. The number of nitrogens with zero attached hydrogens (tertiary/aromatic N) is 2. The number of para-hydroxylation sites is 1. The van der Waals surface area contributed by atoms with Crippen molar-refractivity contribution in [2.24, 2.45) is 23.5 Å². The normalized spacial score (nSPS) is 27.4. The number of nitrogens with two attached hydrogens (primary N) is 1. The molecule has 1 aromatic carbocycles. The van der Waals surface area contributed by atoms with Crippen molar-refractivity contribution >= 4 is 22.6 Å². The molecule has 0 spiro atoms. The predicted molar refractivity (Wildman–Crippen MR) is 109 cm³/mol. The maximum absolute atomic E-state index is 12.9. The van der Waals surface area contributed by atoms with E-state index in [1.165, 1.54) is 19.3 Å². The van der Waals surface area contributed by atoms with Gasteiger partial charge < -0.3 is 16.0 Å². The van der Waals surface area contributed by atoms with Crippen molar-refractivity contribution < 1.29 is 4.79 Å². The van der Waals surface area contributed by atoms with E-state index in [-0.39, 0.29) is 11.8 Å². The molecular weight excluding hydrogens is 336 g/mol. The summed E-state index contributed by atoms with van der Waals surface area (Å²) in [5.41, 5.74) is 8.46. The van der Waals surface area contributed by atoms with E-state index >= 15 is 0 Å². The van der Waals surface area contributed by atoms with E-state index in [9.17, 15) is 4.79 Å². The molecule has 2 aliphatic carbocycles. The number of pyridine rings is 1. The number of fused-ring (bicyclic) bond motifs is 3. The first kappa shape index (κ1) is 18.2. The van der Waals surface area contributed by atoms with Crippen LogP contribution in [0.5, 0.6) is 0 Å². The van der Waals surface area contributed by atoms with Crippen molar-refractivity contribution in [3.63, 3.8) is 0 Å². The molecule has 5 heteroatoms. The molecule has 27 heavy (non-hydrogen) atoms. The SMILES string of the molecule is CN(C)c1cc(CNC(=O)C2CC3CCCC(C2)C3N)c2ccccc2n1. The highest BCUT2D eigenvalue weighted by atomic mass is 16.1. The molecule has 1 heterocycles. The van der Waals surface area contributed by atoms with Gasteiger partial charge in [0.1, 0.15) is 5.82 Å². The van der Waals surface area contributed by atoms with E-state index in [1.807, 2.05) is 37.2 Å². The van der Waals surface area contributed by atoms with Crippen LogP contribution in [0, 0.1) is 17.8 Å². The molecule has 4 rings (SSSR count). The van der Waals surface area contributed by atoms with Gasteiger partial charge in [-0.05, 0) is 55.2 Å². The standard InChI is InChI=1S/C22H30N4O/c1-26(2)20-12-17(18-8-3-4-9-19(18)25-20)13-24-22(27)16-10-14-6-5-7-15(11-16)21(14)23/h3-4,8-9,12,14-16,21H,5-7,10-11,13,23H2,1-2H3,(H,24,27). The molecule has 2 atom stereocenters. The van der Waals surface area contributed by atoms with Crippen LogP contribution in [0.3, 0.4) is 0 Å². The minimum atomic E-state index is 0.113. The average Bonchev–Trinajstić information content (AvgIpc) is 2.65. The average molecular weight is 367 g/mol. The van der Waals surface area contributed by atoms with Crippen molar-refractivity contribution in [1.82, 2.24) is 10.3 Å². The van der Waals surface area contributed by atoms with Crippen LogP contribution in [0.4, 0.5) is 5.82 Å². The van der Waals surface area contributed by atoms with Crippen LogP contribution in [0.1, 0.15) is 37.7 Å². The summed E-state index contributed by atoms with van der Waals surface area (Å²) in [6, 6.07) is 10.5. The van der Waals surface area contributed by atoms with Crippen LogP contribution >= 0.6 is 0 Å². The molecule has 1 amide bonds. The molecule has 2 aliphatic rings. The minimum Gasteiger partial charge on any atom is -0.363 e. The van der Waals surface area contributed by atoms with Crippen molar-refractivity contribution in [2.45, 2.75) is 44.7 Å². The first-order chi connectivity index (χ1) is 13.0. The van der Waals surface area contributed by atoms with Crippen molar-refractivity contribution in [2.75, 3.05) is 19.0 Å². The zero-order valence-corrected chi connectivity index (χ0v) is 16.3. The smallest absolute Gasteiger partial charge is 0.223 e. The molecule has 144 valence electrons. The lowest BCUT2D eigenvalue weighted by molar-refractivity contribution is -0.128. The van der Waals surface area contributed by atoms with Crippen molar-refractivity contribution in [1.29, 1.82) is 0 Å². The number of carbonyl (C=O) groups is 1. The fourth-order valence-electron chi connectivity index (χ4n) is 4.94. The summed E-state index contributed by atoms with van der Waals surface area (Å²) in [5.74, 6) is 2.26. The van der Waals surface area contributed by atoms with Gasteiger partial charge in [0.25, 0.3) is 0 Å². The lowest BCUT2D eigenvalue weighted by atomic mass is 9.65. The summed E-state index contributed by atoms with van der Waals surface area (Å²) < 4.78 is 0. The summed E-state index contributed by atoms with van der Waals surface area (Å²) in [7, 11) is 3.98. The van der Waals surface area contributed by atoms with Crippen LogP contribution in [0.25, 0.3) is 10.9 Å². The van der Waals surface area contributed by atoms with E-state index < -0.39 is 0 Å². The monoisotopic (exact) mass is 366 g/mol. The Labute approximate surface area is 161 Å². The molecule has 1 aromatic heterocycles. The fourth-order valence-corrected chi connectivity index (χ4v) is 4.94. The quantitative estimate of drug-likeness (QED) is 0.872. The fraction of sp³-hybridized carbons (Fsp3) is 0.545. The molecular formula is C22H30N4O. The number of benzene rings is 1. The van der Waals surface area contributed by atoms with Gasteiger partial charge in [-0.15, -0.1) is 0 Å². The molecule has 2 unspecified atom stereocenters. The van der Waals surface area contributed by atoms with Crippen LogP contribution in [0.15, 0.2) is 30.3 Å². The molecule has 2 bridgehead atoms. The second kappa shape index (κ2) is 7.47. The van der Waals surface area contributed by atoms with Gasteiger partial charge in [-0.1, -0.05) is 24.6 Å². The van der Waals surface area contributed by atoms with Crippen molar-refractivity contribution in [3.8, 4) is 0 Å². The summed E-state index contributed by atoms with van der Waals surface area (Å²) in [4.78, 5) is 19.6. The molecule has 0 saturated heterocycles. The van der Waals surface area contributed by atoms with Crippen LogP contribution < -0.4 is 16.0 Å². The Morgan fingerprint density at radius 3 is 2.63 bits per heavy atom. The van der Waals surface area contributed by atoms with E-state index in [0.29, 0.717) is 24.4 Å². The van der Waals surface area contributed by atoms with Crippen LogP contribution in [-0.4, -0.2) is 31.0 Å². The number of carbonyl (C=O) groups excluding carboxylic acids is 1. The number of hydrogen-bond donors (Lipinski definition) is 2. The van der Waals surface area contributed by atoms with E-state index in [0.717, 1.165) is 35.1 Å². The van der Waals surface area contributed by atoms with Crippen LogP contribution in [-0.2, 0) is 11.3 Å². The van der Waals surface area contributed by atoms with Gasteiger partial charge in [0.15, 0.2) is 0 Å². The molecule has 0 radical (unpaired) electrons. The molecule has 0 aliphatic heterocycles. The highest BCUT2D eigenvalue weighted by molar-refractivity contribution is 5.85. The third-order valence-electron chi connectivity index (χ3n) is 6.48. The molecule has 5 nitrogen and oxygen atoms in total. The van der Waals surface area contributed by atoms with E-state index in [4.69, 9.17) is 10.7 Å². The number of amides is 1. The maximum atomic E-state index is 12.9. The lowest BCUT2D eigenvalue weighted by Gasteiger charge is -2.43. The zero-order valence-electron chi connectivity index (χ0n) is 16.3. The molecule has 2 fully saturated rings.